The zero-order valence-corrected chi connectivity index (χ0v) is 9.54. The molecule has 1 aromatic carbocycles. The van der Waals surface area contributed by atoms with E-state index in [0.29, 0.717) is 0 Å². The Morgan fingerprint density at radius 1 is 1.29 bits per heavy atom. The van der Waals surface area contributed by atoms with E-state index < -0.39 is 0 Å². The number of benzene rings is 1. The van der Waals surface area contributed by atoms with Crippen molar-refractivity contribution in [2.75, 3.05) is 24.7 Å². The molecule has 2 heteroatoms. The highest BCUT2D eigenvalue weighted by Crippen LogP contribution is 2.26. The summed E-state index contributed by atoms with van der Waals surface area (Å²) in [5, 5.41) is 0. The first-order chi connectivity index (χ1) is 6.66. The van der Waals surface area contributed by atoms with Crippen LogP contribution in [0, 0.1) is 0 Å². The van der Waals surface area contributed by atoms with Crippen LogP contribution >= 0.6 is 0 Å². The zero-order chi connectivity index (χ0) is 11.1. The monoisotopic (exact) mass is 192 g/mol. The molecule has 14 heavy (non-hydrogen) atoms. The van der Waals surface area contributed by atoms with Gasteiger partial charge in [0.1, 0.15) is 0 Å². The molecule has 0 unspecified atom stereocenters. The fourth-order valence-corrected chi connectivity index (χ4v) is 1.26. The standard InChI is InChI=1S/C10H14N2.C2H6/c1-4-8-6-5-7-9(11)10(8)12(2)3;1-2/h4-7H,1,11H2,2-3H3;1-2H3. The number of hydrogen-bond acceptors (Lipinski definition) is 2. The van der Waals surface area contributed by atoms with Crippen molar-refractivity contribution in [3.63, 3.8) is 0 Å². The van der Waals surface area contributed by atoms with Crippen LogP contribution in [0.5, 0.6) is 0 Å². The van der Waals surface area contributed by atoms with Crippen molar-refractivity contribution in [3.8, 4) is 0 Å². The third-order valence-electron chi connectivity index (χ3n) is 1.77. The van der Waals surface area contributed by atoms with Gasteiger partial charge in [0.05, 0.1) is 11.4 Å². The summed E-state index contributed by atoms with van der Waals surface area (Å²) >= 11 is 0. The van der Waals surface area contributed by atoms with Gasteiger partial charge in [0.25, 0.3) is 0 Å². The molecule has 0 aliphatic carbocycles. The fourth-order valence-electron chi connectivity index (χ4n) is 1.26. The first kappa shape index (κ1) is 12.6. The Kier molecular flexibility index (Phi) is 5.46. The molecule has 0 atom stereocenters. The topological polar surface area (TPSA) is 29.3 Å². The van der Waals surface area contributed by atoms with Gasteiger partial charge in [-0.15, -0.1) is 0 Å². The third kappa shape index (κ3) is 2.80. The third-order valence-corrected chi connectivity index (χ3v) is 1.77. The molecule has 1 rings (SSSR count). The Morgan fingerprint density at radius 2 is 1.86 bits per heavy atom. The van der Waals surface area contributed by atoms with E-state index in [2.05, 4.69) is 6.58 Å². The van der Waals surface area contributed by atoms with Gasteiger partial charge in [-0.25, -0.2) is 0 Å². The summed E-state index contributed by atoms with van der Waals surface area (Å²) in [6.45, 7) is 7.73. The second-order valence-electron chi connectivity index (χ2n) is 2.88. The van der Waals surface area contributed by atoms with Crippen molar-refractivity contribution in [2.24, 2.45) is 0 Å². The van der Waals surface area contributed by atoms with E-state index in [1.165, 1.54) is 0 Å². The van der Waals surface area contributed by atoms with E-state index in [1.54, 1.807) is 0 Å². The number of nitrogens with two attached hydrogens (primary N) is 1. The van der Waals surface area contributed by atoms with Crippen LogP contribution in [-0.2, 0) is 0 Å². The largest absolute Gasteiger partial charge is 0.397 e. The van der Waals surface area contributed by atoms with Crippen LogP contribution in [0.1, 0.15) is 19.4 Å². The van der Waals surface area contributed by atoms with E-state index in [0.717, 1.165) is 16.9 Å². The maximum atomic E-state index is 5.81. The Hall–Kier alpha value is -1.44. The Labute approximate surface area is 87.0 Å². The van der Waals surface area contributed by atoms with Crippen LogP contribution in [0.3, 0.4) is 0 Å². The van der Waals surface area contributed by atoms with Gasteiger partial charge in [0.2, 0.25) is 0 Å². The summed E-state index contributed by atoms with van der Waals surface area (Å²) in [5.41, 5.74) is 8.70. The predicted molar refractivity (Wildman–Crippen MR) is 66.6 cm³/mol. The number of para-hydroxylation sites is 1. The molecule has 0 fully saturated rings. The molecule has 0 radical (unpaired) electrons. The summed E-state index contributed by atoms with van der Waals surface area (Å²) in [5.74, 6) is 0. The van der Waals surface area contributed by atoms with E-state index in [4.69, 9.17) is 5.73 Å². The van der Waals surface area contributed by atoms with Crippen LogP contribution in [0.25, 0.3) is 6.08 Å². The first-order valence-corrected chi connectivity index (χ1v) is 4.85. The van der Waals surface area contributed by atoms with Crippen LogP contribution in [-0.4, -0.2) is 14.1 Å². The second kappa shape index (κ2) is 6.08. The van der Waals surface area contributed by atoms with Gasteiger partial charge < -0.3 is 10.6 Å². The molecule has 0 aliphatic heterocycles. The van der Waals surface area contributed by atoms with Crippen molar-refractivity contribution in [2.45, 2.75) is 13.8 Å². The van der Waals surface area contributed by atoms with Gasteiger partial charge in [-0.3, -0.25) is 0 Å². The molecule has 1 aromatic rings. The SMILES string of the molecule is C=Cc1cccc(N)c1N(C)C.CC. The minimum absolute atomic E-state index is 0.789. The molecule has 0 heterocycles. The lowest BCUT2D eigenvalue weighted by atomic mass is 10.1. The second-order valence-corrected chi connectivity index (χ2v) is 2.88. The summed E-state index contributed by atoms with van der Waals surface area (Å²) in [6.07, 6.45) is 1.81. The zero-order valence-electron chi connectivity index (χ0n) is 9.54. The number of rotatable bonds is 2. The summed E-state index contributed by atoms with van der Waals surface area (Å²) in [4.78, 5) is 1.99. The lowest BCUT2D eigenvalue weighted by molar-refractivity contribution is 1.13. The van der Waals surface area contributed by atoms with Crippen molar-refractivity contribution in [3.05, 3.63) is 30.3 Å². The highest BCUT2D eigenvalue weighted by molar-refractivity contribution is 5.78. The quantitative estimate of drug-likeness (QED) is 0.730. The molecule has 2 N–H and O–H groups in total. The average molecular weight is 192 g/mol. The number of anilines is 2. The predicted octanol–water partition coefficient (Wildman–Crippen LogP) is 3.00. The Morgan fingerprint density at radius 3 is 2.21 bits per heavy atom. The molecule has 0 aliphatic rings. The highest BCUT2D eigenvalue weighted by Gasteiger charge is 2.04. The van der Waals surface area contributed by atoms with E-state index in [9.17, 15) is 0 Å². The lowest BCUT2D eigenvalue weighted by Gasteiger charge is -2.17. The van der Waals surface area contributed by atoms with Crippen LogP contribution in [0.4, 0.5) is 11.4 Å². The average Bonchev–Trinajstić information content (AvgIpc) is 2.19. The maximum absolute atomic E-state index is 5.81. The summed E-state index contributed by atoms with van der Waals surface area (Å²) in [6, 6.07) is 5.82. The van der Waals surface area contributed by atoms with Gasteiger partial charge >= 0.3 is 0 Å². The van der Waals surface area contributed by atoms with Gasteiger partial charge in [-0.2, -0.15) is 0 Å². The molecule has 0 spiro atoms. The van der Waals surface area contributed by atoms with Crippen molar-refractivity contribution in [1.29, 1.82) is 0 Å². The molecule has 0 saturated carbocycles. The molecule has 0 bridgehead atoms. The molecule has 0 aromatic heterocycles. The maximum Gasteiger partial charge on any atom is 0.0668 e. The van der Waals surface area contributed by atoms with E-state index >= 15 is 0 Å². The minimum Gasteiger partial charge on any atom is -0.397 e. The highest BCUT2D eigenvalue weighted by atomic mass is 15.1. The first-order valence-electron chi connectivity index (χ1n) is 4.85. The summed E-state index contributed by atoms with van der Waals surface area (Å²) in [7, 11) is 3.94. The summed E-state index contributed by atoms with van der Waals surface area (Å²) < 4.78 is 0. The lowest BCUT2D eigenvalue weighted by Crippen LogP contribution is -2.12. The number of nitrogen functional groups attached to an aromatic ring is 1. The van der Waals surface area contributed by atoms with Gasteiger partial charge in [0.15, 0.2) is 0 Å². The number of nitrogens with zero attached hydrogens (tertiary/aromatic N) is 1. The fraction of sp³-hybridized carbons (Fsp3) is 0.333. The van der Waals surface area contributed by atoms with E-state index in [1.807, 2.05) is 57.1 Å². The van der Waals surface area contributed by atoms with E-state index in [-0.39, 0.29) is 0 Å². The number of hydrogen-bond donors (Lipinski definition) is 1. The molecular formula is C12H20N2. The normalized spacial score (nSPS) is 8.57. The molecule has 0 amide bonds. The van der Waals surface area contributed by atoms with Crippen LogP contribution < -0.4 is 10.6 Å². The molecule has 78 valence electrons. The van der Waals surface area contributed by atoms with Crippen LogP contribution in [0.15, 0.2) is 24.8 Å². The Balaban J connectivity index is 0.000000791. The van der Waals surface area contributed by atoms with Crippen LogP contribution in [0.2, 0.25) is 0 Å². The van der Waals surface area contributed by atoms with Gasteiger partial charge in [0, 0.05) is 14.1 Å². The van der Waals surface area contributed by atoms with Crippen molar-refractivity contribution in [1.82, 2.24) is 0 Å². The molecular weight excluding hydrogens is 172 g/mol. The van der Waals surface area contributed by atoms with Gasteiger partial charge in [-0.1, -0.05) is 38.6 Å². The van der Waals surface area contributed by atoms with Gasteiger partial charge in [-0.05, 0) is 11.6 Å². The minimum atomic E-state index is 0.789. The smallest absolute Gasteiger partial charge is 0.0668 e. The molecule has 0 saturated heterocycles. The van der Waals surface area contributed by atoms with Crippen molar-refractivity contribution < 1.29 is 0 Å². The Bertz CT molecular complexity index is 290. The van der Waals surface area contributed by atoms with Crippen molar-refractivity contribution >= 4 is 17.5 Å². The molecule has 2 nitrogen and oxygen atoms in total.